The number of hydrogen-bond donors (Lipinski definition) is 2. The second-order valence-electron chi connectivity index (χ2n) is 15.1. The maximum atomic E-state index is 13.3. The summed E-state index contributed by atoms with van der Waals surface area (Å²) in [5.74, 6) is -0.715. The Morgan fingerprint density at radius 2 is 1.28 bits per heavy atom. The molecule has 2 N–H and O–H groups in total. The Kier molecular flexibility index (Phi) is 21.4. The van der Waals surface area contributed by atoms with Crippen molar-refractivity contribution in [1.82, 2.24) is 15.5 Å². The number of hydrogen-bond acceptors (Lipinski definition) is 12. The maximum absolute atomic E-state index is 13.3. The molecule has 5 rings (SSSR count). The first-order valence-electron chi connectivity index (χ1n) is 22.0. The summed E-state index contributed by atoms with van der Waals surface area (Å²) in [6.07, 6.45) is 4.87. The minimum Gasteiger partial charge on any atom is -0.377 e. The standard InChI is InChI=1S/C49H60N6O9S/c1-4-65-46(51-3)33-43(34-50)49(59)54-19-5-7-37-11-14-42(32-44(37)35-54)48(58)53-18-22-61-24-26-63-28-30-64-29-27-62-25-23-60-21-17-52-47(57)39-12-9-38(10-13-39)40-15-16-45-41(31-40)8-6-20-55(45)36(2)56/h4,9-16,31-33H,1,5-8,17-30,35H2,2-3H3,(H,52,57)(H,53,58)/b43-33+,51-46?. The summed E-state index contributed by atoms with van der Waals surface area (Å²) in [4.78, 5) is 58.4. The lowest BCUT2D eigenvalue weighted by Crippen LogP contribution is -2.33. The van der Waals surface area contributed by atoms with Crippen LogP contribution in [0.2, 0.25) is 0 Å². The van der Waals surface area contributed by atoms with Crippen molar-refractivity contribution in [1.29, 1.82) is 5.26 Å². The molecule has 2 aliphatic heterocycles. The third kappa shape index (κ3) is 16.1. The molecule has 3 aromatic rings. The Bertz CT molecular complexity index is 2190. The van der Waals surface area contributed by atoms with Crippen LogP contribution >= 0.6 is 11.8 Å². The fourth-order valence-electron chi connectivity index (χ4n) is 7.33. The molecule has 2 heterocycles. The molecule has 0 saturated carbocycles. The van der Waals surface area contributed by atoms with Crippen LogP contribution in [0, 0.1) is 11.3 Å². The number of ether oxygens (including phenoxy) is 5. The summed E-state index contributed by atoms with van der Waals surface area (Å²) in [6, 6.07) is 21.2. The summed E-state index contributed by atoms with van der Waals surface area (Å²) in [7, 11) is 1.59. The van der Waals surface area contributed by atoms with Crippen LogP contribution in [0.25, 0.3) is 11.1 Å². The van der Waals surface area contributed by atoms with Crippen LogP contribution in [0.4, 0.5) is 5.69 Å². The minimum atomic E-state index is -0.371. The van der Waals surface area contributed by atoms with Gasteiger partial charge in [-0.1, -0.05) is 42.6 Å². The molecule has 2 aliphatic rings. The first-order valence-corrected chi connectivity index (χ1v) is 22.8. The highest BCUT2D eigenvalue weighted by atomic mass is 32.2. The van der Waals surface area contributed by atoms with Gasteiger partial charge in [-0.15, -0.1) is 0 Å². The number of fused-ring (bicyclic) bond motifs is 2. The summed E-state index contributed by atoms with van der Waals surface area (Å²) in [5.41, 5.74) is 7.24. The second-order valence-corrected chi connectivity index (χ2v) is 16.1. The first kappa shape index (κ1) is 50.3. The Morgan fingerprint density at radius 1 is 0.723 bits per heavy atom. The van der Waals surface area contributed by atoms with E-state index in [-0.39, 0.29) is 29.2 Å². The Morgan fingerprint density at radius 3 is 1.86 bits per heavy atom. The van der Waals surface area contributed by atoms with E-state index in [1.54, 1.807) is 30.3 Å². The van der Waals surface area contributed by atoms with Crippen molar-refractivity contribution >= 4 is 46.1 Å². The number of nitriles is 1. The summed E-state index contributed by atoms with van der Waals surface area (Å²) in [6.45, 7) is 11.4. The lowest BCUT2D eigenvalue weighted by Gasteiger charge is -2.29. The number of benzene rings is 3. The molecule has 0 saturated heterocycles. The van der Waals surface area contributed by atoms with Gasteiger partial charge in [0, 0.05) is 63.5 Å². The number of thioether (sulfide) groups is 1. The number of aryl methyl sites for hydroxylation is 2. The molecule has 0 radical (unpaired) electrons. The van der Waals surface area contributed by atoms with Gasteiger partial charge >= 0.3 is 0 Å². The molecule has 0 aliphatic carbocycles. The van der Waals surface area contributed by atoms with Gasteiger partial charge < -0.3 is 44.1 Å². The summed E-state index contributed by atoms with van der Waals surface area (Å²) >= 11 is 1.24. The van der Waals surface area contributed by atoms with Crippen LogP contribution < -0.4 is 15.5 Å². The van der Waals surface area contributed by atoms with E-state index in [2.05, 4.69) is 28.3 Å². The predicted octanol–water partition coefficient (Wildman–Crippen LogP) is 5.53. The van der Waals surface area contributed by atoms with E-state index < -0.39 is 0 Å². The number of carbonyl (C=O) groups is 4. The molecule has 16 heteroatoms. The monoisotopic (exact) mass is 908 g/mol. The van der Waals surface area contributed by atoms with E-state index in [0.717, 1.165) is 60.2 Å². The molecule has 0 aromatic heterocycles. The highest BCUT2D eigenvalue weighted by Gasteiger charge is 2.24. The average molecular weight is 909 g/mol. The van der Waals surface area contributed by atoms with Gasteiger partial charge in [0.25, 0.3) is 17.7 Å². The average Bonchev–Trinajstić information content (AvgIpc) is 3.55. The highest BCUT2D eigenvalue weighted by Crippen LogP contribution is 2.32. The van der Waals surface area contributed by atoms with Crippen molar-refractivity contribution < 1.29 is 42.9 Å². The van der Waals surface area contributed by atoms with Crippen LogP contribution in [0.15, 0.2) is 89.3 Å². The van der Waals surface area contributed by atoms with E-state index in [9.17, 15) is 24.4 Å². The zero-order valence-electron chi connectivity index (χ0n) is 37.4. The SMILES string of the molecule is C=CSC(/C=C(\C#N)C(=O)N1CCCc2ccc(C(=O)NCCOCCOCCOCCOCCOCCNC(=O)c3ccc(-c4ccc5c(c4)CCCN5C(C)=O)cc3)cc2C1)=NC. The minimum absolute atomic E-state index is 0.00207. The number of anilines is 1. The third-order valence-electron chi connectivity index (χ3n) is 10.6. The number of rotatable bonds is 24. The Labute approximate surface area is 386 Å². The van der Waals surface area contributed by atoms with Gasteiger partial charge in [0.2, 0.25) is 5.91 Å². The van der Waals surface area contributed by atoms with Gasteiger partial charge in [-0.2, -0.15) is 5.26 Å². The highest BCUT2D eigenvalue weighted by molar-refractivity contribution is 8.16. The lowest BCUT2D eigenvalue weighted by atomic mass is 9.95. The van der Waals surface area contributed by atoms with Gasteiger partial charge in [0.05, 0.1) is 71.1 Å². The number of aliphatic imine (C=N–C) groups is 1. The van der Waals surface area contributed by atoms with Crippen LogP contribution in [-0.4, -0.2) is 133 Å². The van der Waals surface area contributed by atoms with Crippen LogP contribution in [0.1, 0.15) is 57.2 Å². The third-order valence-corrected chi connectivity index (χ3v) is 11.4. The lowest BCUT2D eigenvalue weighted by molar-refractivity contribution is -0.127. The predicted molar refractivity (Wildman–Crippen MR) is 252 cm³/mol. The van der Waals surface area contributed by atoms with Crippen molar-refractivity contribution in [2.75, 3.05) is 104 Å². The van der Waals surface area contributed by atoms with Crippen LogP contribution in [0.5, 0.6) is 0 Å². The molecular weight excluding hydrogens is 849 g/mol. The molecule has 0 fully saturated rings. The van der Waals surface area contributed by atoms with Crippen molar-refractivity contribution in [3.8, 4) is 17.2 Å². The molecule has 3 aromatic carbocycles. The van der Waals surface area contributed by atoms with E-state index >= 15 is 0 Å². The molecule has 0 spiro atoms. The van der Waals surface area contributed by atoms with Crippen molar-refractivity contribution in [3.05, 3.63) is 112 Å². The molecular formula is C49H60N6O9S. The zero-order chi connectivity index (χ0) is 46.2. The largest absolute Gasteiger partial charge is 0.377 e. The van der Waals surface area contributed by atoms with Gasteiger partial charge in [-0.05, 0) is 101 Å². The molecule has 346 valence electrons. The summed E-state index contributed by atoms with van der Waals surface area (Å²) in [5, 5.41) is 17.6. The number of nitrogens with one attached hydrogen (secondary N) is 2. The number of nitrogens with zero attached hydrogens (tertiary/aromatic N) is 4. The van der Waals surface area contributed by atoms with Gasteiger partial charge in [0.15, 0.2) is 0 Å². The van der Waals surface area contributed by atoms with Crippen molar-refractivity contribution in [3.63, 3.8) is 0 Å². The molecule has 15 nitrogen and oxygen atoms in total. The van der Waals surface area contributed by atoms with Crippen LogP contribution in [-0.2, 0) is 52.7 Å². The quantitative estimate of drug-likeness (QED) is 0.0380. The normalized spacial score (nSPS) is 13.9. The zero-order valence-corrected chi connectivity index (χ0v) is 38.3. The topological polar surface area (TPSA) is 181 Å². The molecule has 0 bridgehead atoms. The fourth-order valence-corrected chi connectivity index (χ4v) is 7.79. The smallest absolute Gasteiger partial charge is 0.264 e. The fraction of sp³-hybridized carbons (Fsp3) is 0.429. The van der Waals surface area contributed by atoms with E-state index in [4.69, 9.17) is 23.7 Å². The van der Waals surface area contributed by atoms with Gasteiger partial charge in [-0.3, -0.25) is 24.2 Å². The second kappa shape index (κ2) is 27.6. The Balaban J connectivity index is 0.833. The summed E-state index contributed by atoms with van der Waals surface area (Å²) < 4.78 is 27.8. The Hall–Kier alpha value is -5.67. The van der Waals surface area contributed by atoms with Crippen LogP contribution in [0.3, 0.4) is 0 Å². The van der Waals surface area contributed by atoms with Gasteiger partial charge in [-0.25, -0.2) is 0 Å². The van der Waals surface area contributed by atoms with E-state index in [1.165, 1.54) is 23.4 Å². The maximum Gasteiger partial charge on any atom is 0.264 e. The molecule has 0 unspecified atom stereocenters. The van der Waals surface area contributed by atoms with Crippen molar-refractivity contribution in [2.24, 2.45) is 4.99 Å². The molecule has 0 atom stereocenters. The molecule has 4 amide bonds. The number of amides is 4. The van der Waals surface area contributed by atoms with E-state index in [1.807, 2.05) is 59.5 Å². The number of carbonyl (C=O) groups excluding carboxylic acids is 4. The molecule has 65 heavy (non-hydrogen) atoms. The van der Waals surface area contributed by atoms with Gasteiger partial charge in [0.1, 0.15) is 11.6 Å². The first-order chi connectivity index (χ1) is 31.7. The van der Waals surface area contributed by atoms with Crippen molar-refractivity contribution in [2.45, 2.75) is 39.2 Å². The van der Waals surface area contributed by atoms with E-state index in [0.29, 0.717) is 108 Å².